The first-order chi connectivity index (χ1) is 9.11. The Labute approximate surface area is 114 Å². The number of nitrogens with zero attached hydrogens (tertiary/aromatic N) is 2. The lowest BCUT2D eigenvalue weighted by atomic mass is 9.96. The zero-order chi connectivity index (χ0) is 13.7. The average molecular weight is 267 g/mol. The number of nitrogens with one attached hydrogen (secondary N) is 1. The molecule has 0 saturated heterocycles. The van der Waals surface area contributed by atoms with Crippen LogP contribution in [0.2, 0.25) is 0 Å². The highest BCUT2D eigenvalue weighted by molar-refractivity contribution is 5.00. The lowest BCUT2D eigenvalue weighted by Gasteiger charge is -2.22. The van der Waals surface area contributed by atoms with Crippen LogP contribution in [0, 0.1) is 0 Å². The van der Waals surface area contributed by atoms with Crippen molar-refractivity contribution in [1.82, 2.24) is 15.1 Å². The summed E-state index contributed by atoms with van der Waals surface area (Å²) < 4.78 is 2.08. The normalized spacial score (nSPS) is 20.4. The van der Waals surface area contributed by atoms with E-state index in [9.17, 15) is 5.11 Å². The van der Waals surface area contributed by atoms with E-state index in [1.54, 1.807) is 6.92 Å². The van der Waals surface area contributed by atoms with E-state index >= 15 is 0 Å². The fraction of sp³-hybridized carbons (Fsp3) is 0.786. The van der Waals surface area contributed by atoms with Crippen LogP contribution in [0.4, 0.5) is 0 Å². The van der Waals surface area contributed by atoms with Crippen LogP contribution < -0.4 is 5.32 Å². The molecule has 1 heterocycles. The van der Waals surface area contributed by atoms with Crippen molar-refractivity contribution in [2.24, 2.45) is 0 Å². The second kappa shape index (κ2) is 6.50. The molecular weight excluding hydrogens is 242 g/mol. The van der Waals surface area contributed by atoms with Gasteiger partial charge in [0.25, 0.3) is 0 Å². The van der Waals surface area contributed by atoms with E-state index in [1.165, 1.54) is 32.1 Å². The number of aliphatic hydroxyl groups is 2. The summed E-state index contributed by atoms with van der Waals surface area (Å²) in [5.41, 5.74) is -0.0781. The van der Waals surface area contributed by atoms with Crippen LogP contribution in [-0.4, -0.2) is 38.7 Å². The molecule has 3 N–H and O–H groups in total. The Morgan fingerprint density at radius 2 is 2.16 bits per heavy atom. The summed E-state index contributed by atoms with van der Waals surface area (Å²) in [4.78, 5) is 0. The van der Waals surface area contributed by atoms with Gasteiger partial charge >= 0.3 is 0 Å². The summed E-state index contributed by atoms with van der Waals surface area (Å²) in [6.07, 6.45) is 8.47. The summed E-state index contributed by atoms with van der Waals surface area (Å²) in [6.45, 7) is 2.35. The fourth-order valence-corrected chi connectivity index (χ4v) is 2.54. The van der Waals surface area contributed by atoms with E-state index < -0.39 is 5.60 Å². The molecule has 5 heteroatoms. The Bertz CT molecular complexity index is 384. The molecule has 1 aliphatic rings. The quantitative estimate of drug-likeness (QED) is 0.725. The molecule has 0 aromatic carbocycles. The van der Waals surface area contributed by atoms with Crippen LogP contribution in [0.1, 0.15) is 50.8 Å². The van der Waals surface area contributed by atoms with Gasteiger partial charge in [-0.15, -0.1) is 0 Å². The monoisotopic (exact) mass is 267 g/mol. The number of hydrogen-bond donors (Lipinski definition) is 3. The highest BCUT2D eigenvalue weighted by atomic mass is 16.3. The number of aliphatic hydroxyl groups excluding tert-OH is 1. The third-order valence-electron chi connectivity index (χ3n) is 3.76. The van der Waals surface area contributed by atoms with Crippen LogP contribution in [-0.2, 0) is 6.54 Å². The molecule has 5 nitrogen and oxygen atoms in total. The standard InChI is InChI=1S/C14H25N3O2/c1-14(19,11-18)10-15-9-12-7-8-17(16-12)13-5-3-2-4-6-13/h7-8,13,15,18-19H,2-6,9-11H2,1H3. The van der Waals surface area contributed by atoms with Crippen molar-refractivity contribution in [2.45, 2.75) is 57.2 Å². The molecule has 1 aromatic rings. The van der Waals surface area contributed by atoms with Gasteiger partial charge in [-0.2, -0.15) is 5.10 Å². The molecule has 0 spiro atoms. The lowest BCUT2D eigenvalue weighted by molar-refractivity contribution is 0.00247. The topological polar surface area (TPSA) is 70.3 Å². The summed E-state index contributed by atoms with van der Waals surface area (Å²) in [5, 5.41) is 26.3. The Morgan fingerprint density at radius 1 is 1.42 bits per heavy atom. The largest absolute Gasteiger partial charge is 0.393 e. The van der Waals surface area contributed by atoms with Gasteiger partial charge in [-0.05, 0) is 25.8 Å². The highest BCUT2D eigenvalue weighted by Gasteiger charge is 2.19. The molecule has 1 atom stereocenters. The Balaban J connectivity index is 1.80. The lowest BCUT2D eigenvalue weighted by Crippen LogP contribution is -2.40. The minimum absolute atomic E-state index is 0.240. The molecule has 1 aromatic heterocycles. The SMILES string of the molecule is CC(O)(CO)CNCc1ccn(C2CCCCC2)n1. The first kappa shape index (κ1) is 14.5. The van der Waals surface area contributed by atoms with Crippen molar-refractivity contribution >= 4 is 0 Å². The molecule has 1 aliphatic carbocycles. The van der Waals surface area contributed by atoms with Gasteiger partial charge in [0.05, 0.1) is 23.9 Å². The second-order valence-electron chi connectivity index (χ2n) is 5.84. The first-order valence-electron chi connectivity index (χ1n) is 7.19. The molecule has 2 rings (SSSR count). The van der Waals surface area contributed by atoms with Crippen molar-refractivity contribution in [3.05, 3.63) is 18.0 Å². The smallest absolute Gasteiger partial charge is 0.0972 e. The van der Waals surface area contributed by atoms with Gasteiger partial charge in [0, 0.05) is 19.3 Å². The number of rotatable bonds is 6. The van der Waals surface area contributed by atoms with E-state index in [2.05, 4.69) is 21.3 Å². The molecular formula is C14H25N3O2. The number of hydrogen-bond acceptors (Lipinski definition) is 4. The molecule has 0 aliphatic heterocycles. The Hall–Kier alpha value is -0.910. The van der Waals surface area contributed by atoms with Gasteiger partial charge in [0.2, 0.25) is 0 Å². The third kappa shape index (κ3) is 4.30. The Morgan fingerprint density at radius 3 is 2.84 bits per heavy atom. The summed E-state index contributed by atoms with van der Waals surface area (Å²) in [7, 11) is 0. The average Bonchev–Trinajstić information content (AvgIpc) is 2.88. The van der Waals surface area contributed by atoms with Crippen LogP contribution in [0.5, 0.6) is 0 Å². The summed E-state index contributed by atoms with van der Waals surface area (Å²) >= 11 is 0. The van der Waals surface area contributed by atoms with Crippen molar-refractivity contribution in [1.29, 1.82) is 0 Å². The van der Waals surface area contributed by atoms with Gasteiger partial charge in [0.1, 0.15) is 0 Å². The van der Waals surface area contributed by atoms with E-state index in [0.717, 1.165) is 5.69 Å². The fourth-order valence-electron chi connectivity index (χ4n) is 2.54. The van der Waals surface area contributed by atoms with E-state index in [1.807, 2.05) is 6.07 Å². The van der Waals surface area contributed by atoms with Crippen molar-refractivity contribution in [2.75, 3.05) is 13.2 Å². The molecule has 0 radical (unpaired) electrons. The maximum atomic E-state index is 9.67. The third-order valence-corrected chi connectivity index (χ3v) is 3.76. The number of aromatic nitrogens is 2. The minimum Gasteiger partial charge on any atom is -0.393 e. The maximum absolute atomic E-state index is 9.67. The van der Waals surface area contributed by atoms with Gasteiger partial charge < -0.3 is 15.5 Å². The van der Waals surface area contributed by atoms with E-state index in [-0.39, 0.29) is 6.61 Å². The molecule has 108 valence electrons. The zero-order valence-electron chi connectivity index (χ0n) is 11.7. The van der Waals surface area contributed by atoms with Crippen LogP contribution in [0.25, 0.3) is 0 Å². The molecule has 1 fully saturated rings. The van der Waals surface area contributed by atoms with Crippen molar-refractivity contribution < 1.29 is 10.2 Å². The van der Waals surface area contributed by atoms with Gasteiger partial charge in [-0.3, -0.25) is 4.68 Å². The predicted octanol–water partition coefficient (Wildman–Crippen LogP) is 1.22. The Kier molecular flexibility index (Phi) is 4.96. The van der Waals surface area contributed by atoms with Crippen LogP contribution >= 0.6 is 0 Å². The summed E-state index contributed by atoms with van der Waals surface area (Å²) in [5.74, 6) is 0. The predicted molar refractivity (Wildman–Crippen MR) is 73.8 cm³/mol. The van der Waals surface area contributed by atoms with Crippen molar-refractivity contribution in [3.8, 4) is 0 Å². The highest BCUT2D eigenvalue weighted by Crippen LogP contribution is 2.27. The molecule has 0 amide bonds. The van der Waals surface area contributed by atoms with E-state index in [4.69, 9.17) is 5.11 Å². The minimum atomic E-state index is -1.06. The second-order valence-corrected chi connectivity index (χ2v) is 5.84. The zero-order valence-corrected chi connectivity index (χ0v) is 11.7. The first-order valence-corrected chi connectivity index (χ1v) is 7.19. The summed E-state index contributed by atoms with van der Waals surface area (Å²) in [6, 6.07) is 2.58. The molecule has 1 unspecified atom stereocenters. The molecule has 0 bridgehead atoms. The van der Waals surface area contributed by atoms with Crippen LogP contribution in [0.15, 0.2) is 12.3 Å². The van der Waals surface area contributed by atoms with Gasteiger partial charge in [-0.25, -0.2) is 0 Å². The molecule has 1 saturated carbocycles. The van der Waals surface area contributed by atoms with Crippen LogP contribution in [0.3, 0.4) is 0 Å². The van der Waals surface area contributed by atoms with Gasteiger partial charge in [0.15, 0.2) is 0 Å². The van der Waals surface area contributed by atoms with E-state index in [0.29, 0.717) is 19.1 Å². The van der Waals surface area contributed by atoms with Gasteiger partial charge in [-0.1, -0.05) is 19.3 Å². The maximum Gasteiger partial charge on any atom is 0.0972 e. The van der Waals surface area contributed by atoms with Crippen molar-refractivity contribution in [3.63, 3.8) is 0 Å². The molecule has 19 heavy (non-hydrogen) atoms.